The zero-order chi connectivity index (χ0) is 18.4. The Labute approximate surface area is 160 Å². The molecule has 0 fully saturated rings. The number of hydrogen-bond donors (Lipinski definition) is 1. The van der Waals surface area contributed by atoms with Crippen molar-refractivity contribution in [1.29, 1.82) is 0 Å². The third-order valence-corrected chi connectivity index (χ3v) is 4.08. The first-order valence-corrected chi connectivity index (χ1v) is 8.72. The van der Waals surface area contributed by atoms with Crippen LogP contribution in [0.1, 0.15) is 15.9 Å². The van der Waals surface area contributed by atoms with E-state index in [2.05, 4.69) is 26.2 Å². The van der Waals surface area contributed by atoms with Crippen LogP contribution in [-0.2, 0) is 11.3 Å². The summed E-state index contributed by atoms with van der Waals surface area (Å²) in [7, 11) is 1.62. The molecule has 1 aromatic heterocycles. The van der Waals surface area contributed by atoms with E-state index in [1.54, 1.807) is 19.2 Å². The molecular formula is C20H17BrN2O3. The second kappa shape index (κ2) is 8.60. The molecule has 0 unspecified atom stereocenters. The van der Waals surface area contributed by atoms with Gasteiger partial charge in [-0.1, -0.05) is 40.2 Å². The molecule has 1 amide bonds. The van der Waals surface area contributed by atoms with Crippen LogP contribution in [0, 0.1) is 0 Å². The number of nitrogens with one attached hydrogen (secondary N) is 1. The number of rotatable bonds is 6. The van der Waals surface area contributed by atoms with Crippen molar-refractivity contribution in [3.05, 3.63) is 82.5 Å². The maximum absolute atomic E-state index is 12.4. The Balaban J connectivity index is 1.69. The van der Waals surface area contributed by atoms with E-state index in [1.807, 2.05) is 48.5 Å². The largest absolute Gasteiger partial charge is 0.439 e. The number of para-hydroxylation sites is 1. The minimum absolute atomic E-state index is 0.241. The summed E-state index contributed by atoms with van der Waals surface area (Å²) in [5.41, 5.74) is 2.07. The molecule has 0 aliphatic rings. The van der Waals surface area contributed by atoms with Crippen LogP contribution in [0.5, 0.6) is 11.6 Å². The van der Waals surface area contributed by atoms with E-state index in [4.69, 9.17) is 9.47 Å². The van der Waals surface area contributed by atoms with Gasteiger partial charge in [-0.25, -0.2) is 4.98 Å². The number of ether oxygens (including phenoxy) is 2. The molecule has 3 aromatic rings. The quantitative estimate of drug-likeness (QED) is 0.616. The predicted octanol–water partition coefficient (Wildman–Crippen LogP) is 5.04. The minimum Gasteiger partial charge on any atom is -0.439 e. The van der Waals surface area contributed by atoms with Crippen molar-refractivity contribution in [2.45, 2.75) is 6.61 Å². The number of aromatic nitrogens is 1. The smallest absolute Gasteiger partial charge is 0.257 e. The van der Waals surface area contributed by atoms with Crippen LogP contribution >= 0.6 is 15.9 Å². The SMILES string of the molecule is COCc1ccccc1NC(=O)c1ccc(Oc2cccc(Br)c2)nc1. The summed E-state index contributed by atoms with van der Waals surface area (Å²) in [6.07, 6.45) is 1.49. The summed E-state index contributed by atoms with van der Waals surface area (Å²) in [6.45, 7) is 0.425. The molecule has 0 aliphatic heterocycles. The van der Waals surface area contributed by atoms with E-state index >= 15 is 0 Å². The topological polar surface area (TPSA) is 60.5 Å². The van der Waals surface area contributed by atoms with Crippen LogP contribution < -0.4 is 10.1 Å². The molecule has 1 heterocycles. The van der Waals surface area contributed by atoms with E-state index in [1.165, 1.54) is 6.20 Å². The van der Waals surface area contributed by atoms with Crippen molar-refractivity contribution < 1.29 is 14.3 Å². The van der Waals surface area contributed by atoms with Gasteiger partial charge in [-0.15, -0.1) is 0 Å². The first kappa shape index (κ1) is 18.1. The van der Waals surface area contributed by atoms with Gasteiger partial charge in [0.25, 0.3) is 5.91 Å². The molecule has 2 aromatic carbocycles. The molecule has 0 aliphatic carbocycles. The Morgan fingerprint density at radius 1 is 1.12 bits per heavy atom. The van der Waals surface area contributed by atoms with Gasteiger partial charge in [0, 0.05) is 35.1 Å². The molecule has 6 heteroatoms. The van der Waals surface area contributed by atoms with Crippen LogP contribution in [0.15, 0.2) is 71.3 Å². The maximum atomic E-state index is 12.4. The fourth-order valence-corrected chi connectivity index (χ4v) is 2.72. The number of methoxy groups -OCH3 is 1. The van der Waals surface area contributed by atoms with E-state index in [9.17, 15) is 4.79 Å². The number of benzene rings is 2. The Kier molecular flexibility index (Phi) is 5.99. The maximum Gasteiger partial charge on any atom is 0.257 e. The van der Waals surface area contributed by atoms with Crippen LogP contribution in [0.25, 0.3) is 0 Å². The Bertz CT molecular complexity index is 898. The number of halogens is 1. The highest BCUT2D eigenvalue weighted by atomic mass is 79.9. The van der Waals surface area contributed by atoms with Crippen LogP contribution in [0.3, 0.4) is 0 Å². The summed E-state index contributed by atoms with van der Waals surface area (Å²) < 4.78 is 11.7. The molecule has 0 saturated carbocycles. The predicted molar refractivity (Wildman–Crippen MR) is 104 cm³/mol. The highest BCUT2D eigenvalue weighted by molar-refractivity contribution is 9.10. The molecule has 5 nitrogen and oxygen atoms in total. The van der Waals surface area contributed by atoms with Gasteiger partial charge in [0.05, 0.1) is 12.2 Å². The van der Waals surface area contributed by atoms with Gasteiger partial charge in [0.15, 0.2) is 0 Å². The lowest BCUT2D eigenvalue weighted by Gasteiger charge is -2.10. The van der Waals surface area contributed by atoms with Gasteiger partial charge < -0.3 is 14.8 Å². The monoisotopic (exact) mass is 412 g/mol. The van der Waals surface area contributed by atoms with Gasteiger partial charge in [0.2, 0.25) is 5.88 Å². The number of hydrogen-bond acceptors (Lipinski definition) is 4. The Hall–Kier alpha value is -2.70. The van der Waals surface area contributed by atoms with E-state index in [0.29, 0.717) is 29.5 Å². The second-order valence-corrected chi connectivity index (χ2v) is 6.40. The molecule has 1 N–H and O–H groups in total. The van der Waals surface area contributed by atoms with E-state index < -0.39 is 0 Å². The van der Waals surface area contributed by atoms with Crippen molar-refractivity contribution in [2.75, 3.05) is 12.4 Å². The average molecular weight is 413 g/mol. The van der Waals surface area contributed by atoms with Crippen molar-refractivity contribution in [3.63, 3.8) is 0 Å². The third-order valence-electron chi connectivity index (χ3n) is 3.58. The van der Waals surface area contributed by atoms with Gasteiger partial charge >= 0.3 is 0 Å². The van der Waals surface area contributed by atoms with Crippen molar-refractivity contribution in [3.8, 4) is 11.6 Å². The molecule has 3 rings (SSSR count). The number of carbonyl (C=O) groups excluding carboxylic acids is 1. The zero-order valence-corrected chi connectivity index (χ0v) is 15.7. The van der Waals surface area contributed by atoms with E-state index in [0.717, 1.165) is 10.0 Å². The lowest BCUT2D eigenvalue weighted by molar-refractivity contribution is 0.102. The number of nitrogens with zero attached hydrogens (tertiary/aromatic N) is 1. The summed E-state index contributed by atoms with van der Waals surface area (Å²) in [4.78, 5) is 16.6. The lowest BCUT2D eigenvalue weighted by atomic mass is 10.1. The molecule has 0 saturated heterocycles. The highest BCUT2D eigenvalue weighted by Crippen LogP contribution is 2.23. The first-order valence-electron chi connectivity index (χ1n) is 7.93. The second-order valence-electron chi connectivity index (χ2n) is 5.49. The molecule has 0 spiro atoms. The molecule has 0 radical (unpaired) electrons. The minimum atomic E-state index is -0.241. The highest BCUT2D eigenvalue weighted by Gasteiger charge is 2.10. The molecule has 0 atom stereocenters. The van der Waals surface area contributed by atoms with Gasteiger partial charge in [-0.3, -0.25) is 4.79 Å². The summed E-state index contributed by atoms with van der Waals surface area (Å²) >= 11 is 3.39. The number of carbonyl (C=O) groups is 1. The van der Waals surface area contributed by atoms with Crippen LogP contribution in [-0.4, -0.2) is 18.0 Å². The van der Waals surface area contributed by atoms with Gasteiger partial charge in [-0.05, 0) is 30.3 Å². The van der Waals surface area contributed by atoms with Crippen molar-refractivity contribution in [2.24, 2.45) is 0 Å². The average Bonchev–Trinajstić information content (AvgIpc) is 2.64. The standard InChI is InChI=1S/C20H17BrN2O3/c1-25-13-15-5-2-3-8-18(15)23-20(24)14-9-10-19(22-12-14)26-17-7-4-6-16(21)11-17/h2-12H,13H2,1H3,(H,23,24). The number of pyridine rings is 1. The summed E-state index contributed by atoms with van der Waals surface area (Å²) in [6, 6.07) is 18.3. The van der Waals surface area contributed by atoms with Crippen molar-refractivity contribution >= 4 is 27.5 Å². The fourth-order valence-electron chi connectivity index (χ4n) is 2.34. The van der Waals surface area contributed by atoms with Gasteiger partial charge in [0.1, 0.15) is 5.75 Å². The Morgan fingerprint density at radius 3 is 2.69 bits per heavy atom. The van der Waals surface area contributed by atoms with Crippen molar-refractivity contribution in [1.82, 2.24) is 4.98 Å². The van der Waals surface area contributed by atoms with Gasteiger partial charge in [-0.2, -0.15) is 0 Å². The molecule has 26 heavy (non-hydrogen) atoms. The zero-order valence-electron chi connectivity index (χ0n) is 14.1. The Morgan fingerprint density at radius 2 is 1.96 bits per heavy atom. The van der Waals surface area contributed by atoms with Crippen LogP contribution in [0.4, 0.5) is 5.69 Å². The molecule has 0 bridgehead atoms. The molecule has 132 valence electrons. The lowest BCUT2D eigenvalue weighted by Crippen LogP contribution is -2.13. The van der Waals surface area contributed by atoms with E-state index in [-0.39, 0.29) is 5.91 Å². The first-order chi connectivity index (χ1) is 12.7. The fraction of sp³-hybridized carbons (Fsp3) is 0.100. The summed E-state index contributed by atoms with van der Waals surface area (Å²) in [5, 5.41) is 2.88. The number of amides is 1. The summed E-state index contributed by atoms with van der Waals surface area (Å²) in [5.74, 6) is 0.840. The molecular weight excluding hydrogens is 396 g/mol. The third kappa shape index (κ3) is 4.68. The number of anilines is 1. The normalized spacial score (nSPS) is 10.4. The van der Waals surface area contributed by atoms with Crippen LogP contribution in [0.2, 0.25) is 0 Å².